The van der Waals surface area contributed by atoms with Crippen molar-refractivity contribution < 1.29 is 14.3 Å². The predicted molar refractivity (Wildman–Crippen MR) is 83.8 cm³/mol. The molecule has 1 aromatic carbocycles. The van der Waals surface area contributed by atoms with Crippen LogP contribution in [-0.2, 0) is 0 Å². The second-order valence-corrected chi connectivity index (χ2v) is 6.13. The largest absolute Gasteiger partial charge is 0.454 e. The number of hydrogen-bond donors (Lipinski definition) is 1. The summed E-state index contributed by atoms with van der Waals surface area (Å²) in [5.41, 5.74) is 2.75. The molecule has 1 saturated heterocycles. The fourth-order valence-electron chi connectivity index (χ4n) is 3.26. The number of piperidine rings is 1. The van der Waals surface area contributed by atoms with E-state index in [9.17, 15) is 4.79 Å². The molecule has 0 bridgehead atoms. The first-order valence-corrected chi connectivity index (χ1v) is 7.91. The summed E-state index contributed by atoms with van der Waals surface area (Å²) < 4.78 is 10.7. The van der Waals surface area contributed by atoms with Gasteiger partial charge in [-0.2, -0.15) is 5.10 Å². The minimum atomic E-state index is 0.0419. The van der Waals surface area contributed by atoms with Crippen molar-refractivity contribution in [3.63, 3.8) is 0 Å². The van der Waals surface area contributed by atoms with E-state index in [1.165, 1.54) is 0 Å². The van der Waals surface area contributed by atoms with E-state index in [1.54, 1.807) is 18.2 Å². The Morgan fingerprint density at radius 3 is 3.00 bits per heavy atom. The van der Waals surface area contributed by atoms with Crippen LogP contribution in [0.25, 0.3) is 0 Å². The normalized spacial score (nSPS) is 19.9. The zero-order valence-corrected chi connectivity index (χ0v) is 13.0. The molecule has 0 unspecified atom stereocenters. The SMILES string of the molecule is Cc1cc([C@@H]2CCCN(C(=O)c3ccc4c(c3)OCO4)C2)n[nH]1. The summed E-state index contributed by atoms with van der Waals surface area (Å²) in [6.45, 7) is 3.71. The fraction of sp³-hybridized carbons (Fsp3) is 0.412. The monoisotopic (exact) mass is 313 g/mol. The summed E-state index contributed by atoms with van der Waals surface area (Å²) in [7, 11) is 0. The molecule has 2 aromatic rings. The maximum atomic E-state index is 12.8. The van der Waals surface area contributed by atoms with E-state index in [4.69, 9.17) is 9.47 Å². The number of nitrogens with one attached hydrogen (secondary N) is 1. The summed E-state index contributed by atoms with van der Waals surface area (Å²) >= 11 is 0. The number of carbonyl (C=O) groups excluding carboxylic acids is 1. The van der Waals surface area contributed by atoms with Crippen LogP contribution in [0.5, 0.6) is 11.5 Å². The van der Waals surface area contributed by atoms with Crippen LogP contribution in [0.4, 0.5) is 0 Å². The number of H-pyrrole nitrogens is 1. The molecule has 2 aliphatic heterocycles. The van der Waals surface area contributed by atoms with Gasteiger partial charge in [-0.15, -0.1) is 0 Å². The van der Waals surface area contributed by atoms with Gasteiger partial charge in [0.05, 0.1) is 5.69 Å². The number of aromatic nitrogens is 2. The molecule has 1 N–H and O–H groups in total. The quantitative estimate of drug-likeness (QED) is 0.925. The molecule has 0 aliphatic carbocycles. The van der Waals surface area contributed by atoms with Crippen LogP contribution in [0.3, 0.4) is 0 Å². The van der Waals surface area contributed by atoms with Gasteiger partial charge in [-0.1, -0.05) is 0 Å². The molecule has 1 fully saturated rings. The topological polar surface area (TPSA) is 67.5 Å². The van der Waals surface area contributed by atoms with Crippen molar-refractivity contribution in [2.24, 2.45) is 0 Å². The number of carbonyl (C=O) groups is 1. The van der Waals surface area contributed by atoms with Gasteiger partial charge >= 0.3 is 0 Å². The third-order valence-corrected chi connectivity index (χ3v) is 4.47. The van der Waals surface area contributed by atoms with Gasteiger partial charge < -0.3 is 14.4 Å². The highest BCUT2D eigenvalue weighted by Gasteiger charge is 2.27. The Balaban J connectivity index is 1.51. The number of aryl methyl sites for hydroxylation is 1. The second-order valence-electron chi connectivity index (χ2n) is 6.13. The Labute approximate surface area is 134 Å². The first kappa shape index (κ1) is 14.1. The summed E-state index contributed by atoms with van der Waals surface area (Å²) in [6, 6.07) is 7.44. The van der Waals surface area contributed by atoms with E-state index < -0.39 is 0 Å². The van der Waals surface area contributed by atoms with Crippen molar-refractivity contribution in [1.82, 2.24) is 15.1 Å². The van der Waals surface area contributed by atoms with E-state index in [0.29, 0.717) is 29.5 Å². The lowest BCUT2D eigenvalue weighted by Crippen LogP contribution is -2.39. The fourth-order valence-corrected chi connectivity index (χ4v) is 3.26. The molecule has 1 atom stereocenters. The van der Waals surface area contributed by atoms with E-state index in [0.717, 1.165) is 30.8 Å². The van der Waals surface area contributed by atoms with Crippen LogP contribution in [0.1, 0.15) is 40.5 Å². The van der Waals surface area contributed by atoms with E-state index in [1.807, 2.05) is 11.8 Å². The third-order valence-electron chi connectivity index (χ3n) is 4.47. The number of hydrogen-bond acceptors (Lipinski definition) is 4. The van der Waals surface area contributed by atoms with Crippen molar-refractivity contribution >= 4 is 5.91 Å². The third kappa shape index (κ3) is 2.65. The van der Waals surface area contributed by atoms with Crippen molar-refractivity contribution in [3.8, 4) is 11.5 Å². The molecule has 0 spiro atoms. The number of aromatic amines is 1. The van der Waals surface area contributed by atoms with E-state index >= 15 is 0 Å². The van der Waals surface area contributed by atoms with Crippen LogP contribution in [0, 0.1) is 6.92 Å². The van der Waals surface area contributed by atoms with Crippen molar-refractivity contribution in [3.05, 3.63) is 41.2 Å². The van der Waals surface area contributed by atoms with Gasteiger partial charge in [0.2, 0.25) is 6.79 Å². The van der Waals surface area contributed by atoms with Crippen molar-refractivity contribution in [2.45, 2.75) is 25.7 Å². The van der Waals surface area contributed by atoms with Crippen LogP contribution in [0.2, 0.25) is 0 Å². The van der Waals surface area contributed by atoms with Gasteiger partial charge in [0, 0.05) is 30.3 Å². The molecule has 120 valence electrons. The number of benzene rings is 1. The van der Waals surface area contributed by atoms with E-state index in [2.05, 4.69) is 16.3 Å². The highest BCUT2D eigenvalue weighted by molar-refractivity contribution is 5.95. The molecule has 4 rings (SSSR count). The molecule has 1 amide bonds. The van der Waals surface area contributed by atoms with Crippen LogP contribution in [0.15, 0.2) is 24.3 Å². The van der Waals surface area contributed by atoms with Gasteiger partial charge in [-0.3, -0.25) is 9.89 Å². The summed E-state index contributed by atoms with van der Waals surface area (Å²) in [6.07, 6.45) is 2.06. The Morgan fingerprint density at radius 1 is 1.30 bits per heavy atom. The van der Waals surface area contributed by atoms with Crippen molar-refractivity contribution in [2.75, 3.05) is 19.9 Å². The maximum absolute atomic E-state index is 12.8. The summed E-state index contributed by atoms with van der Waals surface area (Å²) in [5.74, 6) is 1.68. The second kappa shape index (κ2) is 5.61. The van der Waals surface area contributed by atoms with Gasteiger partial charge in [-0.05, 0) is 44.0 Å². The number of fused-ring (bicyclic) bond motifs is 1. The zero-order valence-electron chi connectivity index (χ0n) is 13.0. The number of likely N-dealkylation sites (tertiary alicyclic amines) is 1. The Hall–Kier alpha value is -2.50. The van der Waals surface area contributed by atoms with Gasteiger partial charge in [0.15, 0.2) is 11.5 Å². The van der Waals surface area contributed by atoms with Crippen LogP contribution >= 0.6 is 0 Å². The molecular formula is C17H19N3O3. The average Bonchev–Trinajstić information content (AvgIpc) is 3.22. The highest BCUT2D eigenvalue weighted by atomic mass is 16.7. The van der Waals surface area contributed by atoms with Crippen LogP contribution < -0.4 is 9.47 Å². The molecular weight excluding hydrogens is 294 g/mol. The van der Waals surface area contributed by atoms with Gasteiger partial charge in [0.25, 0.3) is 5.91 Å². The molecule has 2 aliphatic rings. The number of amides is 1. The first-order valence-electron chi connectivity index (χ1n) is 7.91. The molecule has 0 radical (unpaired) electrons. The average molecular weight is 313 g/mol. The standard InChI is InChI=1S/C17H19N3O3/c1-11-7-14(19-18-11)13-3-2-6-20(9-13)17(21)12-4-5-15-16(8-12)23-10-22-15/h4-5,7-8,13H,2-3,6,9-10H2,1H3,(H,18,19)/t13-/m1/s1. The predicted octanol–water partition coefficient (Wildman–Crippen LogP) is 2.47. The lowest BCUT2D eigenvalue weighted by Gasteiger charge is -2.32. The summed E-state index contributed by atoms with van der Waals surface area (Å²) in [4.78, 5) is 14.7. The molecule has 3 heterocycles. The number of nitrogens with zero attached hydrogens (tertiary/aromatic N) is 2. The molecule has 0 saturated carbocycles. The zero-order chi connectivity index (χ0) is 15.8. The van der Waals surface area contributed by atoms with E-state index in [-0.39, 0.29) is 12.7 Å². The number of rotatable bonds is 2. The Kier molecular flexibility index (Phi) is 3.44. The van der Waals surface area contributed by atoms with Crippen molar-refractivity contribution in [1.29, 1.82) is 0 Å². The smallest absolute Gasteiger partial charge is 0.254 e. The minimum Gasteiger partial charge on any atom is -0.454 e. The van der Waals surface area contributed by atoms with Gasteiger partial charge in [-0.25, -0.2) is 0 Å². The Bertz CT molecular complexity index is 740. The minimum absolute atomic E-state index is 0.0419. The molecule has 23 heavy (non-hydrogen) atoms. The van der Waals surface area contributed by atoms with Gasteiger partial charge in [0.1, 0.15) is 0 Å². The molecule has 6 nitrogen and oxygen atoms in total. The van der Waals surface area contributed by atoms with Crippen LogP contribution in [-0.4, -0.2) is 40.9 Å². The highest BCUT2D eigenvalue weighted by Crippen LogP contribution is 2.33. The number of ether oxygens (including phenoxy) is 2. The Morgan fingerprint density at radius 2 is 2.17 bits per heavy atom. The molecule has 1 aromatic heterocycles. The lowest BCUT2D eigenvalue weighted by molar-refractivity contribution is 0.0705. The summed E-state index contributed by atoms with van der Waals surface area (Å²) in [5, 5.41) is 7.34. The maximum Gasteiger partial charge on any atom is 0.254 e. The molecule has 6 heteroatoms. The lowest BCUT2D eigenvalue weighted by atomic mass is 9.94. The first-order chi connectivity index (χ1) is 11.2.